The number of hydrogen-bond acceptors (Lipinski definition) is 6. The molecule has 1 aliphatic rings. The summed E-state index contributed by atoms with van der Waals surface area (Å²) in [6.07, 6.45) is 3.32. The normalized spacial score (nSPS) is 14.0. The molecule has 8 heteroatoms. The van der Waals surface area contributed by atoms with Crippen molar-refractivity contribution in [3.8, 4) is 5.75 Å². The second-order valence-corrected chi connectivity index (χ2v) is 7.00. The molecule has 1 amide bonds. The third-order valence-electron chi connectivity index (χ3n) is 5.18. The van der Waals surface area contributed by atoms with Crippen molar-refractivity contribution >= 4 is 22.9 Å². The SMILES string of the molecule is C=CCn1c(=O)c(N2CCN(C(=O)c3cccc(OC)c3)CC2)nc2cccnc21. The van der Waals surface area contributed by atoms with Gasteiger partial charge < -0.3 is 14.5 Å². The molecule has 0 aliphatic carbocycles. The van der Waals surface area contributed by atoms with Crippen LogP contribution < -0.4 is 15.2 Å². The van der Waals surface area contributed by atoms with E-state index in [9.17, 15) is 9.59 Å². The highest BCUT2D eigenvalue weighted by Gasteiger charge is 2.25. The van der Waals surface area contributed by atoms with E-state index in [-0.39, 0.29) is 11.5 Å². The summed E-state index contributed by atoms with van der Waals surface area (Å²) in [5.74, 6) is 0.982. The topological polar surface area (TPSA) is 80.6 Å². The van der Waals surface area contributed by atoms with Gasteiger partial charge in [0, 0.05) is 44.5 Å². The average Bonchev–Trinajstić information content (AvgIpc) is 2.80. The number of carbonyl (C=O) groups is 1. The van der Waals surface area contributed by atoms with Gasteiger partial charge in [-0.2, -0.15) is 0 Å². The minimum absolute atomic E-state index is 0.0479. The number of carbonyl (C=O) groups excluding carboxylic acids is 1. The van der Waals surface area contributed by atoms with Crippen LogP contribution in [-0.4, -0.2) is 58.6 Å². The molecule has 3 aromatic rings. The van der Waals surface area contributed by atoms with Crippen LogP contribution in [0.1, 0.15) is 10.4 Å². The molecule has 1 fully saturated rings. The monoisotopic (exact) mass is 405 g/mol. The number of pyridine rings is 1. The van der Waals surface area contributed by atoms with Crippen LogP contribution in [0.25, 0.3) is 11.2 Å². The number of hydrogen-bond donors (Lipinski definition) is 0. The lowest BCUT2D eigenvalue weighted by atomic mass is 10.1. The largest absolute Gasteiger partial charge is 0.497 e. The third-order valence-corrected chi connectivity index (χ3v) is 5.18. The fraction of sp³-hybridized carbons (Fsp3) is 0.273. The van der Waals surface area contributed by atoms with Gasteiger partial charge in [0.05, 0.1) is 7.11 Å². The van der Waals surface area contributed by atoms with Gasteiger partial charge in [-0.3, -0.25) is 14.2 Å². The van der Waals surface area contributed by atoms with Gasteiger partial charge in [0.2, 0.25) is 0 Å². The van der Waals surface area contributed by atoms with Gasteiger partial charge in [-0.1, -0.05) is 12.1 Å². The van der Waals surface area contributed by atoms with E-state index >= 15 is 0 Å². The van der Waals surface area contributed by atoms with Crippen molar-refractivity contribution in [2.75, 3.05) is 38.2 Å². The van der Waals surface area contributed by atoms with E-state index in [4.69, 9.17) is 4.74 Å². The smallest absolute Gasteiger partial charge is 0.295 e. The van der Waals surface area contributed by atoms with Crippen molar-refractivity contribution in [2.24, 2.45) is 0 Å². The van der Waals surface area contributed by atoms with Gasteiger partial charge in [0.15, 0.2) is 11.5 Å². The molecule has 2 aromatic heterocycles. The van der Waals surface area contributed by atoms with Crippen molar-refractivity contribution in [2.45, 2.75) is 6.54 Å². The Morgan fingerprint density at radius 3 is 2.73 bits per heavy atom. The Morgan fingerprint density at radius 1 is 1.20 bits per heavy atom. The highest BCUT2D eigenvalue weighted by Crippen LogP contribution is 2.18. The Kier molecular flexibility index (Phi) is 5.47. The lowest BCUT2D eigenvalue weighted by Gasteiger charge is -2.35. The maximum atomic E-state index is 13.1. The first-order chi connectivity index (χ1) is 14.6. The summed E-state index contributed by atoms with van der Waals surface area (Å²) < 4.78 is 6.79. The van der Waals surface area contributed by atoms with Crippen LogP contribution in [0.2, 0.25) is 0 Å². The number of rotatable bonds is 5. The Balaban J connectivity index is 1.56. The number of allylic oxidation sites excluding steroid dienone is 1. The van der Waals surface area contributed by atoms with Crippen LogP contribution in [0.4, 0.5) is 5.82 Å². The van der Waals surface area contributed by atoms with Crippen molar-refractivity contribution in [1.29, 1.82) is 0 Å². The Labute approximate surface area is 174 Å². The molecule has 154 valence electrons. The highest BCUT2D eigenvalue weighted by molar-refractivity contribution is 5.94. The highest BCUT2D eigenvalue weighted by atomic mass is 16.5. The molecule has 30 heavy (non-hydrogen) atoms. The molecule has 0 bridgehead atoms. The van der Waals surface area contributed by atoms with Gasteiger partial charge >= 0.3 is 0 Å². The molecular weight excluding hydrogens is 382 g/mol. The number of fused-ring (bicyclic) bond motifs is 1. The number of aromatic nitrogens is 3. The molecule has 3 heterocycles. The molecule has 4 rings (SSSR count). The predicted octanol–water partition coefficient (Wildman–Crippen LogP) is 1.95. The van der Waals surface area contributed by atoms with Crippen LogP contribution in [0.3, 0.4) is 0 Å². The number of benzene rings is 1. The maximum Gasteiger partial charge on any atom is 0.295 e. The summed E-state index contributed by atoms with van der Waals surface area (Å²) in [4.78, 5) is 38.5. The van der Waals surface area contributed by atoms with Crippen LogP contribution >= 0.6 is 0 Å². The predicted molar refractivity (Wildman–Crippen MR) is 115 cm³/mol. The molecule has 0 atom stereocenters. The molecule has 0 radical (unpaired) electrons. The first kappa shape index (κ1) is 19.6. The van der Waals surface area contributed by atoms with Gasteiger partial charge in [-0.25, -0.2) is 9.97 Å². The van der Waals surface area contributed by atoms with Gasteiger partial charge in [0.1, 0.15) is 11.3 Å². The lowest BCUT2D eigenvalue weighted by molar-refractivity contribution is 0.0746. The van der Waals surface area contributed by atoms with E-state index in [1.165, 1.54) is 0 Å². The van der Waals surface area contributed by atoms with Crippen molar-refractivity contribution in [1.82, 2.24) is 19.4 Å². The summed E-state index contributed by atoms with van der Waals surface area (Å²) >= 11 is 0. The molecule has 1 aliphatic heterocycles. The summed E-state index contributed by atoms with van der Waals surface area (Å²) in [6, 6.07) is 10.8. The van der Waals surface area contributed by atoms with Crippen molar-refractivity contribution in [3.63, 3.8) is 0 Å². The van der Waals surface area contributed by atoms with Crippen LogP contribution in [-0.2, 0) is 6.54 Å². The molecule has 0 N–H and O–H groups in total. The number of piperazine rings is 1. The number of methoxy groups -OCH3 is 1. The van der Waals surface area contributed by atoms with Crippen molar-refractivity contribution < 1.29 is 9.53 Å². The second-order valence-electron chi connectivity index (χ2n) is 7.00. The minimum atomic E-state index is -0.200. The first-order valence-electron chi connectivity index (χ1n) is 9.77. The number of ether oxygens (including phenoxy) is 1. The summed E-state index contributed by atoms with van der Waals surface area (Å²) in [5, 5.41) is 0. The molecule has 1 aromatic carbocycles. The number of nitrogens with zero attached hydrogens (tertiary/aromatic N) is 5. The fourth-order valence-corrected chi connectivity index (χ4v) is 3.63. The van der Waals surface area contributed by atoms with Crippen LogP contribution in [0.5, 0.6) is 5.75 Å². The molecular formula is C22H23N5O3. The molecule has 0 saturated carbocycles. The zero-order valence-corrected chi connectivity index (χ0v) is 16.8. The summed E-state index contributed by atoms with van der Waals surface area (Å²) in [7, 11) is 1.58. The second kappa shape index (κ2) is 8.36. The van der Waals surface area contributed by atoms with E-state index in [1.54, 1.807) is 53.1 Å². The molecule has 8 nitrogen and oxygen atoms in total. The first-order valence-corrected chi connectivity index (χ1v) is 9.77. The van der Waals surface area contributed by atoms with E-state index in [0.717, 1.165) is 0 Å². The Morgan fingerprint density at radius 2 is 2.00 bits per heavy atom. The molecule has 1 saturated heterocycles. The van der Waals surface area contributed by atoms with Gasteiger partial charge in [-0.15, -0.1) is 6.58 Å². The van der Waals surface area contributed by atoms with E-state index < -0.39 is 0 Å². The van der Waals surface area contributed by atoms with E-state index in [1.807, 2.05) is 17.0 Å². The van der Waals surface area contributed by atoms with Gasteiger partial charge in [0.25, 0.3) is 11.5 Å². The van der Waals surface area contributed by atoms with Crippen LogP contribution in [0, 0.1) is 0 Å². The average molecular weight is 405 g/mol. The van der Waals surface area contributed by atoms with E-state index in [0.29, 0.717) is 61.0 Å². The Bertz CT molecular complexity index is 1150. The Hall–Kier alpha value is -3.68. The molecule has 0 spiro atoms. The number of amides is 1. The summed E-state index contributed by atoms with van der Waals surface area (Å²) in [6.45, 7) is 6.16. The zero-order valence-electron chi connectivity index (χ0n) is 16.8. The van der Waals surface area contributed by atoms with Crippen LogP contribution in [0.15, 0.2) is 60.0 Å². The quantitative estimate of drug-likeness (QED) is 0.604. The van der Waals surface area contributed by atoms with Gasteiger partial charge in [-0.05, 0) is 30.3 Å². The standard InChI is InChI=1S/C22H23N5O3/c1-3-10-27-19-18(8-5-9-23-19)24-20(22(27)29)25-11-13-26(14-12-25)21(28)16-6-4-7-17(15-16)30-2/h3-9,15H,1,10-14H2,2H3. The van der Waals surface area contributed by atoms with E-state index in [2.05, 4.69) is 16.5 Å². The lowest BCUT2D eigenvalue weighted by Crippen LogP contribution is -2.50. The third kappa shape index (κ3) is 3.63. The fourth-order valence-electron chi connectivity index (χ4n) is 3.63. The number of anilines is 1. The summed E-state index contributed by atoms with van der Waals surface area (Å²) in [5.41, 5.74) is 1.58. The van der Waals surface area contributed by atoms with Crippen molar-refractivity contribution in [3.05, 3.63) is 71.2 Å². The zero-order chi connectivity index (χ0) is 21.1. The maximum absolute atomic E-state index is 13.1. The minimum Gasteiger partial charge on any atom is -0.497 e. The molecule has 0 unspecified atom stereocenters.